The third-order valence-corrected chi connectivity index (χ3v) is 5.09. The van der Waals surface area contributed by atoms with Crippen LogP contribution in [0.15, 0.2) is 35.0 Å². The van der Waals surface area contributed by atoms with E-state index in [9.17, 15) is 18.0 Å². The van der Waals surface area contributed by atoms with Crippen molar-refractivity contribution in [2.24, 2.45) is 11.6 Å². The van der Waals surface area contributed by atoms with Crippen molar-refractivity contribution in [1.29, 1.82) is 0 Å². The number of rotatable bonds is 6. The van der Waals surface area contributed by atoms with Crippen LogP contribution in [0.2, 0.25) is 0 Å². The van der Waals surface area contributed by atoms with Crippen molar-refractivity contribution in [1.82, 2.24) is 5.43 Å². The number of ether oxygens (including phenoxy) is 1. The molecule has 2 rings (SSSR count). The Balaban J connectivity index is 1.97. The fourth-order valence-corrected chi connectivity index (χ4v) is 3.97. The minimum absolute atomic E-state index is 0.106. The Morgan fingerprint density at radius 2 is 1.92 bits per heavy atom. The molecule has 25 heavy (non-hydrogen) atoms. The van der Waals surface area contributed by atoms with Crippen LogP contribution in [0.3, 0.4) is 0 Å². The lowest BCUT2D eigenvalue weighted by Crippen LogP contribution is -2.29. The maximum absolute atomic E-state index is 12.2. The molecule has 0 aliphatic heterocycles. The van der Waals surface area contributed by atoms with Crippen molar-refractivity contribution >= 4 is 17.7 Å². The zero-order valence-electron chi connectivity index (χ0n) is 13.0. The van der Waals surface area contributed by atoms with Crippen LogP contribution in [0.5, 0.6) is 5.75 Å². The molecule has 0 heterocycles. The fraction of sp³-hybridized carbons (Fsp3) is 0.400. The van der Waals surface area contributed by atoms with Crippen LogP contribution in [0.25, 0.3) is 0 Å². The van der Waals surface area contributed by atoms with Crippen LogP contribution < -0.4 is 21.7 Å². The zero-order valence-corrected chi connectivity index (χ0v) is 13.9. The molecule has 1 fully saturated rings. The first-order valence-electron chi connectivity index (χ1n) is 7.41. The molecule has 10 heteroatoms. The number of aliphatic carboxylic acids is 1. The number of carboxylic acid groups (broad SMARTS) is 1. The number of hydrogen-bond acceptors (Lipinski definition) is 6. The van der Waals surface area contributed by atoms with E-state index >= 15 is 0 Å². The number of alkyl halides is 3. The lowest BCUT2D eigenvalue weighted by Gasteiger charge is -2.14. The van der Waals surface area contributed by atoms with Gasteiger partial charge in [-0.25, -0.2) is 4.79 Å². The van der Waals surface area contributed by atoms with Gasteiger partial charge in [-0.1, -0.05) is 12.1 Å². The predicted molar refractivity (Wildman–Crippen MR) is 87.3 cm³/mol. The molecule has 1 saturated carbocycles. The Hall–Kier alpha value is -2.07. The molecule has 0 radical (unpaired) electrons. The summed E-state index contributed by atoms with van der Waals surface area (Å²) in [6, 6.07) is 5.81. The van der Waals surface area contributed by atoms with Gasteiger partial charge in [0, 0.05) is 5.25 Å². The van der Waals surface area contributed by atoms with Crippen LogP contribution in [0.1, 0.15) is 30.7 Å². The number of carbonyl (C=O) groups is 1. The first-order valence-corrected chi connectivity index (χ1v) is 8.29. The average molecular weight is 377 g/mol. The predicted octanol–water partition coefficient (Wildman–Crippen LogP) is 2.63. The topological polar surface area (TPSA) is 111 Å². The summed E-state index contributed by atoms with van der Waals surface area (Å²) in [7, 11) is 0. The Morgan fingerprint density at radius 3 is 2.44 bits per heavy atom. The van der Waals surface area contributed by atoms with E-state index < -0.39 is 12.3 Å². The molecule has 1 aromatic carbocycles. The van der Waals surface area contributed by atoms with Crippen molar-refractivity contribution in [3.05, 3.63) is 40.6 Å². The van der Waals surface area contributed by atoms with Crippen molar-refractivity contribution in [3.63, 3.8) is 0 Å². The second kappa shape index (κ2) is 7.87. The molecule has 2 atom stereocenters. The monoisotopic (exact) mass is 377 g/mol. The quantitative estimate of drug-likeness (QED) is 0.343. The normalized spacial score (nSPS) is 21.6. The van der Waals surface area contributed by atoms with E-state index in [-0.39, 0.29) is 27.6 Å². The molecule has 138 valence electrons. The fourth-order valence-electron chi connectivity index (χ4n) is 2.77. The van der Waals surface area contributed by atoms with E-state index in [0.29, 0.717) is 0 Å². The number of hydrogen-bond donors (Lipinski definition) is 4. The highest BCUT2D eigenvalue weighted by Crippen LogP contribution is 2.42. The third kappa shape index (κ3) is 5.46. The van der Waals surface area contributed by atoms with Gasteiger partial charge in [-0.3, -0.25) is 5.84 Å². The molecule has 1 aliphatic carbocycles. The van der Waals surface area contributed by atoms with Gasteiger partial charge in [0.1, 0.15) is 5.75 Å². The van der Waals surface area contributed by atoms with Crippen LogP contribution in [-0.4, -0.2) is 22.7 Å². The molecule has 1 aliphatic rings. The van der Waals surface area contributed by atoms with Gasteiger partial charge in [0.2, 0.25) is 0 Å². The number of benzene rings is 1. The highest BCUT2D eigenvalue weighted by atomic mass is 32.2. The smallest absolute Gasteiger partial charge is 0.476 e. The summed E-state index contributed by atoms with van der Waals surface area (Å²) in [6.45, 7) is 0. The summed E-state index contributed by atoms with van der Waals surface area (Å²) in [5.74, 6) is 3.83. The summed E-state index contributed by atoms with van der Waals surface area (Å²) in [6.07, 6.45) is -2.32. The van der Waals surface area contributed by atoms with E-state index in [0.717, 1.165) is 24.8 Å². The Morgan fingerprint density at radius 1 is 1.28 bits per heavy atom. The van der Waals surface area contributed by atoms with Gasteiger partial charge in [-0.05, 0) is 42.9 Å². The second-order valence-corrected chi connectivity index (χ2v) is 6.90. The molecule has 6 nitrogen and oxygen atoms in total. The van der Waals surface area contributed by atoms with Gasteiger partial charge in [-0.15, -0.1) is 24.9 Å². The van der Waals surface area contributed by atoms with E-state index in [4.69, 9.17) is 16.7 Å². The van der Waals surface area contributed by atoms with Gasteiger partial charge >= 0.3 is 12.3 Å². The minimum Gasteiger partial charge on any atom is -0.476 e. The zero-order chi connectivity index (χ0) is 18.6. The number of nitrogens with one attached hydrogen (secondary N) is 1. The van der Waals surface area contributed by atoms with E-state index in [1.165, 1.54) is 23.9 Å². The van der Waals surface area contributed by atoms with Crippen LogP contribution >= 0.6 is 11.8 Å². The number of nitrogens with two attached hydrogens (primary N) is 2. The summed E-state index contributed by atoms with van der Waals surface area (Å²) < 4.78 is 40.4. The van der Waals surface area contributed by atoms with Crippen molar-refractivity contribution < 1.29 is 27.8 Å². The number of hydrazine groups is 1. The molecule has 0 amide bonds. The molecule has 2 unspecified atom stereocenters. The number of thioether (sulfide) groups is 1. The molecule has 0 aromatic heterocycles. The Labute approximate surface area is 146 Å². The van der Waals surface area contributed by atoms with Gasteiger partial charge in [0.15, 0.2) is 5.70 Å². The molecule has 0 saturated heterocycles. The summed E-state index contributed by atoms with van der Waals surface area (Å²) in [5, 5.41) is 9.18. The van der Waals surface area contributed by atoms with Gasteiger partial charge in [0.25, 0.3) is 0 Å². The molecule has 6 N–H and O–H groups in total. The van der Waals surface area contributed by atoms with Crippen LogP contribution in [-0.2, 0) is 4.79 Å². The molecule has 0 spiro atoms. The molecular formula is C15H18F3N3O3S. The minimum atomic E-state index is -4.71. The lowest BCUT2D eigenvalue weighted by atomic mass is 9.98. The second-order valence-electron chi connectivity index (χ2n) is 5.56. The number of carboxylic acids is 1. The first-order chi connectivity index (χ1) is 11.7. The van der Waals surface area contributed by atoms with E-state index in [2.05, 4.69) is 10.2 Å². The molecule has 1 aromatic rings. The third-order valence-electron chi connectivity index (χ3n) is 3.87. The molecular weight excluding hydrogens is 359 g/mol. The number of halogens is 3. The Kier molecular flexibility index (Phi) is 6.07. The van der Waals surface area contributed by atoms with Gasteiger partial charge < -0.3 is 21.0 Å². The van der Waals surface area contributed by atoms with E-state index in [1.54, 1.807) is 12.1 Å². The summed E-state index contributed by atoms with van der Waals surface area (Å²) in [5.41, 5.74) is 8.50. The SMILES string of the molecule is NN/C(C(=O)O)=C(\N)SC1CCC(c2ccc(OC(F)(F)F)cc2)C1. The lowest BCUT2D eigenvalue weighted by molar-refractivity contribution is -0.274. The Bertz CT molecular complexity index is 650. The summed E-state index contributed by atoms with van der Waals surface area (Å²) >= 11 is 1.24. The maximum atomic E-state index is 12.2. The van der Waals surface area contributed by atoms with Gasteiger partial charge in [-0.2, -0.15) is 0 Å². The molecule has 0 bridgehead atoms. The van der Waals surface area contributed by atoms with Gasteiger partial charge in [0.05, 0.1) is 5.03 Å². The highest BCUT2D eigenvalue weighted by molar-refractivity contribution is 8.03. The van der Waals surface area contributed by atoms with Crippen LogP contribution in [0.4, 0.5) is 13.2 Å². The largest absolute Gasteiger partial charge is 0.573 e. The van der Waals surface area contributed by atoms with E-state index in [1.807, 2.05) is 0 Å². The van der Waals surface area contributed by atoms with Crippen molar-refractivity contribution in [2.75, 3.05) is 0 Å². The van der Waals surface area contributed by atoms with Crippen molar-refractivity contribution in [3.8, 4) is 5.75 Å². The summed E-state index contributed by atoms with van der Waals surface area (Å²) in [4.78, 5) is 11.0. The first kappa shape index (κ1) is 19.3. The standard InChI is InChI=1S/C15H18F3N3O3S/c16-15(17,18)24-10-4-1-8(2-5-10)9-3-6-11(7-9)25-13(19)12(21-20)14(22)23/h1-2,4-5,9,11,21H,3,6-7,19-20H2,(H,22,23)/b13-12+. The highest BCUT2D eigenvalue weighted by Gasteiger charge is 2.31. The van der Waals surface area contributed by atoms with Crippen molar-refractivity contribution in [2.45, 2.75) is 36.8 Å². The average Bonchev–Trinajstić information content (AvgIpc) is 2.95. The maximum Gasteiger partial charge on any atom is 0.573 e. The van der Waals surface area contributed by atoms with Crippen LogP contribution in [0, 0.1) is 0 Å².